The normalized spacial score (nSPS) is 10.3. The zero-order valence-electron chi connectivity index (χ0n) is 14.9. The molecule has 0 heterocycles. The molecule has 2 amide bonds. The first-order valence-electron chi connectivity index (χ1n) is 8.58. The predicted molar refractivity (Wildman–Crippen MR) is 109 cm³/mol. The Morgan fingerprint density at radius 2 is 1.48 bits per heavy atom. The van der Waals surface area contributed by atoms with Gasteiger partial charge >= 0.3 is 11.8 Å². The van der Waals surface area contributed by atoms with Gasteiger partial charge in [-0.3, -0.25) is 9.59 Å². The van der Waals surface area contributed by atoms with Crippen molar-refractivity contribution >= 4 is 29.3 Å². The summed E-state index contributed by atoms with van der Waals surface area (Å²) in [5.41, 5.74) is 2.71. The highest BCUT2D eigenvalue weighted by Gasteiger charge is 2.15. The highest BCUT2D eigenvalue weighted by atomic mass is 32.2. The highest BCUT2D eigenvalue weighted by molar-refractivity contribution is 7.99. The van der Waals surface area contributed by atoms with Crippen molar-refractivity contribution in [2.45, 2.75) is 23.3 Å². The van der Waals surface area contributed by atoms with Crippen LogP contribution in [-0.2, 0) is 16.1 Å². The van der Waals surface area contributed by atoms with E-state index < -0.39 is 11.8 Å². The van der Waals surface area contributed by atoms with E-state index in [2.05, 4.69) is 10.6 Å². The van der Waals surface area contributed by atoms with E-state index in [9.17, 15) is 9.59 Å². The van der Waals surface area contributed by atoms with Crippen molar-refractivity contribution in [2.75, 3.05) is 5.32 Å². The van der Waals surface area contributed by atoms with E-state index in [0.29, 0.717) is 12.2 Å². The molecule has 3 aromatic rings. The summed E-state index contributed by atoms with van der Waals surface area (Å²) < 4.78 is 0. The topological polar surface area (TPSA) is 58.2 Å². The molecule has 0 bridgehead atoms. The number of hydrogen-bond acceptors (Lipinski definition) is 3. The lowest BCUT2D eigenvalue weighted by molar-refractivity contribution is -0.136. The van der Waals surface area contributed by atoms with Crippen LogP contribution in [0.5, 0.6) is 0 Å². The van der Waals surface area contributed by atoms with Gasteiger partial charge in [0.05, 0.1) is 5.69 Å². The first-order valence-corrected chi connectivity index (χ1v) is 9.40. The van der Waals surface area contributed by atoms with E-state index in [-0.39, 0.29) is 0 Å². The van der Waals surface area contributed by atoms with Crippen LogP contribution < -0.4 is 10.6 Å². The minimum absolute atomic E-state index is 0.312. The number of anilines is 1. The Balaban J connectivity index is 1.61. The summed E-state index contributed by atoms with van der Waals surface area (Å²) in [6, 6.07) is 25.1. The van der Waals surface area contributed by atoms with Crippen LogP contribution >= 0.6 is 11.8 Å². The van der Waals surface area contributed by atoms with Gasteiger partial charge in [-0.1, -0.05) is 71.9 Å². The van der Waals surface area contributed by atoms with Gasteiger partial charge in [0.1, 0.15) is 0 Å². The second-order valence-electron chi connectivity index (χ2n) is 6.03. The zero-order chi connectivity index (χ0) is 19.1. The molecule has 0 spiro atoms. The Morgan fingerprint density at radius 3 is 2.22 bits per heavy atom. The van der Waals surface area contributed by atoms with Crippen LogP contribution in [0.2, 0.25) is 0 Å². The summed E-state index contributed by atoms with van der Waals surface area (Å²) in [5, 5.41) is 5.35. The van der Waals surface area contributed by atoms with Gasteiger partial charge in [0.25, 0.3) is 0 Å². The molecule has 3 rings (SSSR count). The van der Waals surface area contributed by atoms with E-state index in [1.54, 1.807) is 6.07 Å². The third-order valence-corrected chi connectivity index (χ3v) is 4.97. The zero-order valence-corrected chi connectivity index (χ0v) is 15.8. The van der Waals surface area contributed by atoms with Crippen molar-refractivity contribution in [3.05, 3.63) is 90.0 Å². The molecule has 0 fully saturated rings. The molecule has 0 saturated carbocycles. The van der Waals surface area contributed by atoms with Crippen LogP contribution in [0, 0.1) is 6.92 Å². The molecule has 136 valence electrons. The fourth-order valence-corrected chi connectivity index (χ4v) is 3.34. The molecule has 3 aromatic carbocycles. The van der Waals surface area contributed by atoms with Crippen molar-refractivity contribution in [3.63, 3.8) is 0 Å². The van der Waals surface area contributed by atoms with Crippen LogP contribution in [0.1, 0.15) is 11.1 Å². The standard InChI is InChI=1S/C22H20N2O2S/c1-16-11-13-17(14-12-16)15-23-21(25)22(26)24-19-9-5-6-10-20(19)27-18-7-3-2-4-8-18/h2-14H,15H2,1H3,(H,23,25)(H,24,26). The maximum atomic E-state index is 12.3. The van der Waals surface area contributed by atoms with Crippen LogP contribution in [-0.4, -0.2) is 11.8 Å². The van der Waals surface area contributed by atoms with Gasteiger partial charge in [0.15, 0.2) is 0 Å². The molecule has 0 radical (unpaired) electrons. The third-order valence-electron chi connectivity index (χ3n) is 3.89. The molecule has 0 atom stereocenters. The summed E-state index contributed by atoms with van der Waals surface area (Å²) >= 11 is 1.53. The van der Waals surface area contributed by atoms with Crippen molar-refractivity contribution in [3.8, 4) is 0 Å². The average Bonchev–Trinajstić information content (AvgIpc) is 2.69. The fourth-order valence-electron chi connectivity index (χ4n) is 2.42. The van der Waals surface area contributed by atoms with Crippen LogP contribution in [0.4, 0.5) is 5.69 Å². The molecule has 0 aliphatic rings. The summed E-state index contributed by atoms with van der Waals surface area (Å²) in [6.07, 6.45) is 0. The van der Waals surface area contributed by atoms with Gasteiger partial charge in [-0.25, -0.2) is 0 Å². The molecule has 2 N–H and O–H groups in total. The fraction of sp³-hybridized carbons (Fsp3) is 0.0909. The molecule has 0 aromatic heterocycles. The number of amides is 2. The molecular weight excluding hydrogens is 356 g/mol. The average molecular weight is 376 g/mol. The second-order valence-corrected chi connectivity index (χ2v) is 7.15. The minimum atomic E-state index is -0.678. The van der Waals surface area contributed by atoms with Gasteiger partial charge in [-0.15, -0.1) is 0 Å². The van der Waals surface area contributed by atoms with Crippen molar-refractivity contribution in [2.24, 2.45) is 0 Å². The maximum Gasteiger partial charge on any atom is 0.313 e. The Morgan fingerprint density at radius 1 is 0.815 bits per heavy atom. The Bertz CT molecular complexity index is 925. The number of carbonyl (C=O) groups is 2. The molecule has 4 nitrogen and oxygen atoms in total. The van der Waals surface area contributed by atoms with E-state index in [1.807, 2.05) is 79.7 Å². The first-order chi connectivity index (χ1) is 13.1. The smallest absolute Gasteiger partial charge is 0.313 e. The number of nitrogens with one attached hydrogen (secondary N) is 2. The lowest BCUT2D eigenvalue weighted by Crippen LogP contribution is -2.35. The summed E-state index contributed by atoms with van der Waals surface area (Å²) in [5.74, 6) is -1.33. The molecule has 5 heteroatoms. The van der Waals surface area contributed by atoms with E-state index in [4.69, 9.17) is 0 Å². The van der Waals surface area contributed by atoms with E-state index in [0.717, 1.165) is 20.9 Å². The number of benzene rings is 3. The largest absolute Gasteiger partial charge is 0.344 e. The Kier molecular flexibility index (Phi) is 6.28. The van der Waals surface area contributed by atoms with Crippen molar-refractivity contribution in [1.82, 2.24) is 5.32 Å². The lowest BCUT2D eigenvalue weighted by Gasteiger charge is -2.11. The maximum absolute atomic E-state index is 12.3. The van der Waals surface area contributed by atoms with Crippen LogP contribution in [0.3, 0.4) is 0 Å². The Labute approximate surface area is 163 Å². The molecule has 27 heavy (non-hydrogen) atoms. The van der Waals surface area contributed by atoms with Crippen LogP contribution in [0.25, 0.3) is 0 Å². The predicted octanol–water partition coefficient (Wildman–Crippen LogP) is 4.40. The number of rotatable bonds is 5. The summed E-state index contributed by atoms with van der Waals surface area (Å²) in [7, 11) is 0. The minimum Gasteiger partial charge on any atom is -0.344 e. The SMILES string of the molecule is Cc1ccc(CNC(=O)C(=O)Nc2ccccc2Sc2ccccc2)cc1. The van der Waals surface area contributed by atoms with E-state index in [1.165, 1.54) is 11.8 Å². The van der Waals surface area contributed by atoms with Gasteiger partial charge in [-0.2, -0.15) is 0 Å². The van der Waals surface area contributed by atoms with Gasteiger partial charge in [0.2, 0.25) is 0 Å². The van der Waals surface area contributed by atoms with Gasteiger partial charge in [0, 0.05) is 16.3 Å². The van der Waals surface area contributed by atoms with E-state index >= 15 is 0 Å². The van der Waals surface area contributed by atoms with Crippen LogP contribution in [0.15, 0.2) is 88.7 Å². The number of hydrogen-bond donors (Lipinski definition) is 2. The monoisotopic (exact) mass is 376 g/mol. The summed E-state index contributed by atoms with van der Waals surface area (Å²) in [6.45, 7) is 2.31. The van der Waals surface area contributed by atoms with Gasteiger partial charge in [-0.05, 0) is 36.8 Å². The summed E-state index contributed by atoms with van der Waals surface area (Å²) in [4.78, 5) is 26.3. The molecular formula is C22H20N2O2S. The highest BCUT2D eigenvalue weighted by Crippen LogP contribution is 2.33. The molecule has 0 unspecified atom stereocenters. The van der Waals surface area contributed by atoms with Gasteiger partial charge < -0.3 is 10.6 Å². The van der Waals surface area contributed by atoms with Crippen molar-refractivity contribution < 1.29 is 9.59 Å². The number of para-hydroxylation sites is 1. The quantitative estimate of drug-likeness (QED) is 0.649. The van der Waals surface area contributed by atoms with Crippen molar-refractivity contribution in [1.29, 1.82) is 0 Å². The molecule has 0 aliphatic heterocycles. The molecule has 0 saturated heterocycles. The Hall–Kier alpha value is -3.05. The number of carbonyl (C=O) groups excluding carboxylic acids is 2. The molecule has 0 aliphatic carbocycles. The first kappa shape index (κ1) is 18.7. The lowest BCUT2D eigenvalue weighted by atomic mass is 10.1. The second kappa shape index (κ2) is 9.05. The third kappa shape index (κ3) is 5.46. The number of aryl methyl sites for hydroxylation is 1.